The molecule has 1 aliphatic rings. The molecule has 2 atom stereocenters. The van der Waals surface area contributed by atoms with E-state index in [1.807, 2.05) is 11.8 Å². The lowest BCUT2D eigenvalue weighted by molar-refractivity contribution is 0.0531. The number of carbonyl (C=O) groups is 1. The van der Waals surface area contributed by atoms with Crippen LogP contribution < -0.4 is 5.73 Å². The molecular formula is C13H20N2O2. The first-order valence-corrected chi connectivity index (χ1v) is 6.20. The summed E-state index contributed by atoms with van der Waals surface area (Å²) >= 11 is 0. The maximum Gasteiger partial charge on any atom is 0.257 e. The van der Waals surface area contributed by atoms with Gasteiger partial charge in [0.05, 0.1) is 11.8 Å². The Morgan fingerprint density at radius 2 is 2.41 bits per heavy atom. The van der Waals surface area contributed by atoms with Crippen LogP contribution in [0.2, 0.25) is 0 Å². The van der Waals surface area contributed by atoms with E-state index in [4.69, 9.17) is 10.2 Å². The smallest absolute Gasteiger partial charge is 0.257 e. The fraction of sp³-hybridized carbons (Fsp3) is 0.615. The van der Waals surface area contributed by atoms with Crippen molar-refractivity contribution in [2.45, 2.75) is 32.7 Å². The molecule has 1 amide bonds. The second-order valence-corrected chi connectivity index (χ2v) is 4.81. The largest absolute Gasteiger partial charge is 0.469 e. The van der Waals surface area contributed by atoms with Gasteiger partial charge in [-0.3, -0.25) is 4.79 Å². The lowest BCUT2D eigenvalue weighted by atomic mass is 9.90. The van der Waals surface area contributed by atoms with Crippen molar-refractivity contribution < 1.29 is 9.21 Å². The third kappa shape index (κ3) is 2.22. The molecule has 17 heavy (non-hydrogen) atoms. The van der Waals surface area contributed by atoms with Gasteiger partial charge in [-0.2, -0.15) is 0 Å². The minimum Gasteiger partial charge on any atom is -0.469 e. The first-order chi connectivity index (χ1) is 8.15. The Morgan fingerprint density at radius 1 is 1.65 bits per heavy atom. The van der Waals surface area contributed by atoms with Gasteiger partial charge in [-0.05, 0) is 31.7 Å². The second-order valence-electron chi connectivity index (χ2n) is 4.81. The van der Waals surface area contributed by atoms with E-state index in [9.17, 15) is 4.79 Å². The molecule has 0 spiro atoms. The predicted molar refractivity (Wildman–Crippen MR) is 65.7 cm³/mol. The quantitative estimate of drug-likeness (QED) is 0.851. The van der Waals surface area contributed by atoms with E-state index in [2.05, 4.69) is 6.92 Å². The average Bonchev–Trinajstić information content (AvgIpc) is 2.74. The summed E-state index contributed by atoms with van der Waals surface area (Å²) in [6, 6.07) is 1.90. The van der Waals surface area contributed by atoms with E-state index >= 15 is 0 Å². The number of amides is 1. The number of furan rings is 1. The Morgan fingerprint density at radius 3 is 3.00 bits per heavy atom. The van der Waals surface area contributed by atoms with E-state index in [-0.39, 0.29) is 11.9 Å². The summed E-state index contributed by atoms with van der Waals surface area (Å²) in [7, 11) is 0. The van der Waals surface area contributed by atoms with Crippen molar-refractivity contribution in [3.05, 3.63) is 23.7 Å². The van der Waals surface area contributed by atoms with E-state index in [1.165, 1.54) is 0 Å². The summed E-state index contributed by atoms with van der Waals surface area (Å²) in [5, 5.41) is 0. The van der Waals surface area contributed by atoms with E-state index in [0.29, 0.717) is 23.8 Å². The van der Waals surface area contributed by atoms with Gasteiger partial charge in [0.1, 0.15) is 5.76 Å². The molecule has 1 aromatic heterocycles. The van der Waals surface area contributed by atoms with Gasteiger partial charge in [0.15, 0.2) is 0 Å². The highest BCUT2D eigenvalue weighted by molar-refractivity contribution is 5.95. The zero-order chi connectivity index (χ0) is 12.4. The SMILES string of the molecule is Cc1occc1C(=O)N1CCC[C@H](C)[C@@H]1CN. The molecule has 0 bridgehead atoms. The fourth-order valence-corrected chi connectivity index (χ4v) is 2.62. The van der Waals surface area contributed by atoms with Crippen molar-refractivity contribution in [3.63, 3.8) is 0 Å². The second kappa shape index (κ2) is 4.92. The van der Waals surface area contributed by atoms with Crippen LogP contribution in [0.25, 0.3) is 0 Å². The molecule has 4 heteroatoms. The van der Waals surface area contributed by atoms with Crippen LogP contribution in [0.1, 0.15) is 35.9 Å². The van der Waals surface area contributed by atoms with Crippen LogP contribution in [0.3, 0.4) is 0 Å². The van der Waals surface area contributed by atoms with Crippen LogP contribution in [-0.4, -0.2) is 29.9 Å². The lowest BCUT2D eigenvalue weighted by Crippen LogP contribution is -2.51. The van der Waals surface area contributed by atoms with Crippen molar-refractivity contribution in [2.75, 3.05) is 13.1 Å². The molecule has 1 aliphatic heterocycles. The number of carbonyl (C=O) groups excluding carboxylic acids is 1. The molecule has 2 rings (SSSR count). The molecule has 0 aliphatic carbocycles. The van der Waals surface area contributed by atoms with Crippen LogP contribution in [0.5, 0.6) is 0 Å². The molecule has 94 valence electrons. The van der Waals surface area contributed by atoms with Gasteiger partial charge in [0.25, 0.3) is 5.91 Å². The summed E-state index contributed by atoms with van der Waals surface area (Å²) in [5.41, 5.74) is 6.46. The molecule has 2 heterocycles. The van der Waals surface area contributed by atoms with Gasteiger partial charge < -0.3 is 15.1 Å². The van der Waals surface area contributed by atoms with E-state index < -0.39 is 0 Å². The molecule has 1 aromatic rings. The molecule has 0 saturated carbocycles. The Balaban J connectivity index is 2.21. The number of likely N-dealkylation sites (tertiary alicyclic amines) is 1. The van der Waals surface area contributed by atoms with Gasteiger partial charge in [-0.25, -0.2) is 0 Å². The Labute approximate surface area is 102 Å². The van der Waals surface area contributed by atoms with Gasteiger partial charge >= 0.3 is 0 Å². The molecule has 1 fully saturated rings. The summed E-state index contributed by atoms with van der Waals surface area (Å²) in [6.07, 6.45) is 3.77. The third-order valence-electron chi connectivity index (χ3n) is 3.71. The molecule has 4 nitrogen and oxygen atoms in total. The highest BCUT2D eigenvalue weighted by Crippen LogP contribution is 2.25. The maximum atomic E-state index is 12.4. The fourth-order valence-electron chi connectivity index (χ4n) is 2.62. The summed E-state index contributed by atoms with van der Waals surface area (Å²) in [4.78, 5) is 14.3. The minimum absolute atomic E-state index is 0.0539. The lowest BCUT2D eigenvalue weighted by Gasteiger charge is -2.39. The number of nitrogens with zero attached hydrogens (tertiary/aromatic N) is 1. The van der Waals surface area contributed by atoms with Gasteiger partial charge in [-0.15, -0.1) is 0 Å². The van der Waals surface area contributed by atoms with E-state index in [0.717, 1.165) is 19.4 Å². The highest BCUT2D eigenvalue weighted by atomic mass is 16.3. The number of aryl methyl sites for hydroxylation is 1. The third-order valence-corrected chi connectivity index (χ3v) is 3.71. The van der Waals surface area contributed by atoms with Crippen LogP contribution in [0.15, 0.2) is 16.7 Å². The summed E-state index contributed by atoms with van der Waals surface area (Å²) < 4.78 is 5.19. The molecule has 0 unspecified atom stereocenters. The normalized spacial score (nSPS) is 25.0. The Kier molecular flexibility index (Phi) is 3.52. The minimum atomic E-state index is 0.0539. The predicted octanol–water partition coefficient (Wildman–Crippen LogP) is 1.79. The Hall–Kier alpha value is -1.29. The molecule has 1 saturated heterocycles. The molecular weight excluding hydrogens is 216 g/mol. The van der Waals surface area contributed by atoms with Crippen LogP contribution in [0.4, 0.5) is 0 Å². The van der Waals surface area contributed by atoms with Crippen LogP contribution >= 0.6 is 0 Å². The van der Waals surface area contributed by atoms with E-state index in [1.54, 1.807) is 12.3 Å². The average molecular weight is 236 g/mol. The highest BCUT2D eigenvalue weighted by Gasteiger charge is 2.32. The van der Waals surface area contributed by atoms with Gasteiger partial charge in [0, 0.05) is 19.1 Å². The number of hydrogen-bond donors (Lipinski definition) is 1. The van der Waals surface area contributed by atoms with Crippen molar-refractivity contribution in [1.29, 1.82) is 0 Å². The number of nitrogens with two attached hydrogens (primary N) is 1. The standard InChI is InChI=1S/C13H20N2O2/c1-9-4-3-6-15(12(9)8-14)13(16)11-5-7-17-10(11)2/h5,7,9,12H,3-4,6,8,14H2,1-2H3/t9-,12-/m0/s1. The first kappa shape index (κ1) is 12.2. The first-order valence-electron chi connectivity index (χ1n) is 6.20. The number of piperidine rings is 1. The maximum absolute atomic E-state index is 12.4. The zero-order valence-electron chi connectivity index (χ0n) is 10.5. The van der Waals surface area contributed by atoms with Gasteiger partial charge in [0.2, 0.25) is 0 Å². The monoisotopic (exact) mass is 236 g/mol. The van der Waals surface area contributed by atoms with Crippen molar-refractivity contribution in [1.82, 2.24) is 4.90 Å². The summed E-state index contributed by atoms with van der Waals surface area (Å²) in [6.45, 7) is 5.32. The number of rotatable bonds is 2. The number of hydrogen-bond acceptors (Lipinski definition) is 3. The molecule has 0 aromatic carbocycles. The topological polar surface area (TPSA) is 59.5 Å². The summed E-state index contributed by atoms with van der Waals surface area (Å²) in [5.74, 6) is 1.21. The van der Waals surface area contributed by atoms with Gasteiger partial charge in [-0.1, -0.05) is 6.92 Å². The van der Waals surface area contributed by atoms with Crippen molar-refractivity contribution >= 4 is 5.91 Å². The molecule has 0 radical (unpaired) electrons. The van der Waals surface area contributed by atoms with Crippen molar-refractivity contribution in [2.24, 2.45) is 11.7 Å². The van der Waals surface area contributed by atoms with Crippen LogP contribution in [-0.2, 0) is 0 Å². The Bertz CT molecular complexity index is 400. The molecule has 2 N–H and O–H groups in total. The van der Waals surface area contributed by atoms with Crippen molar-refractivity contribution in [3.8, 4) is 0 Å². The zero-order valence-corrected chi connectivity index (χ0v) is 10.5. The van der Waals surface area contributed by atoms with Crippen LogP contribution in [0, 0.1) is 12.8 Å².